The monoisotopic (exact) mass is 384 g/mol. The van der Waals surface area contributed by atoms with Gasteiger partial charge < -0.3 is 19.3 Å². The molecule has 0 bridgehead atoms. The fraction of sp³-hybridized carbons (Fsp3) is 0.684. The van der Waals surface area contributed by atoms with Crippen molar-refractivity contribution >= 4 is 23.3 Å². The van der Waals surface area contributed by atoms with Crippen molar-refractivity contribution in [3.05, 3.63) is 10.8 Å². The van der Waals surface area contributed by atoms with Crippen molar-refractivity contribution in [1.29, 1.82) is 0 Å². The molecule has 1 aliphatic heterocycles. The normalized spacial score (nSPS) is 15.6. The van der Waals surface area contributed by atoms with E-state index in [-0.39, 0.29) is 25.1 Å². The maximum Gasteiger partial charge on any atom is 0.305 e. The minimum Gasteiger partial charge on any atom is -0.485 e. The topological polar surface area (TPSA) is 82.1 Å². The van der Waals surface area contributed by atoms with Crippen LogP contribution in [0.5, 0.6) is 11.5 Å². The van der Waals surface area contributed by atoms with Crippen molar-refractivity contribution in [3.63, 3.8) is 0 Å². The molecule has 1 unspecified atom stereocenters. The molecule has 146 valence electrons. The Bertz CT molecular complexity index is 556. The fourth-order valence-electron chi connectivity index (χ4n) is 2.81. The molecule has 2 rings (SSSR count). The standard InChI is InChI=1S/C19H28O6S/c20-18(21)9-7-5-3-1-2-4-6-8-10-19(22)24-12-15-11-23-16-13-26-14-17(16)25-15/h13-15H,1-12H2,(H,20,21). The number of thiophene rings is 1. The van der Waals surface area contributed by atoms with Crippen LogP contribution in [-0.2, 0) is 14.3 Å². The molecule has 0 saturated carbocycles. The molecule has 1 atom stereocenters. The van der Waals surface area contributed by atoms with Crippen molar-refractivity contribution in [1.82, 2.24) is 0 Å². The van der Waals surface area contributed by atoms with Gasteiger partial charge in [0.1, 0.15) is 13.2 Å². The third-order valence-electron chi connectivity index (χ3n) is 4.26. The summed E-state index contributed by atoms with van der Waals surface area (Å²) in [6.07, 6.45) is 8.55. The second kappa shape index (κ2) is 11.8. The van der Waals surface area contributed by atoms with Gasteiger partial charge in [-0.2, -0.15) is 0 Å². The van der Waals surface area contributed by atoms with Crippen LogP contribution in [0.3, 0.4) is 0 Å². The third kappa shape index (κ3) is 8.08. The van der Waals surface area contributed by atoms with Crippen molar-refractivity contribution in [3.8, 4) is 11.5 Å². The number of esters is 1. The highest BCUT2D eigenvalue weighted by atomic mass is 32.1. The molecule has 6 nitrogen and oxygen atoms in total. The zero-order valence-corrected chi connectivity index (χ0v) is 15.9. The van der Waals surface area contributed by atoms with Gasteiger partial charge in [0.15, 0.2) is 17.6 Å². The second-order valence-electron chi connectivity index (χ2n) is 6.56. The van der Waals surface area contributed by atoms with Gasteiger partial charge in [0.05, 0.1) is 0 Å². The average molecular weight is 384 g/mol. The van der Waals surface area contributed by atoms with Crippen LogP contribution < -0.4 is 9.47 Å². The van der Waals surface area contributed by atoms with E-state index in [9.17, 15) is 9.59 Å². The predicted molar refractivity (Wildman–Crippen MR) is 99.0 cm³/mol. The van der Waals surface area contributed by atoms with Crippen molar-refractivity contribution in [2.45, 2.75) is 70.3 Å². The SMILES string of the molecule is O=C(O)CCCCCCCCCCC(=O)OCC1COc2cscc2O1. The average Bonchev–Trinajstić information content (AvgIpc) is 3.09. The molecule has 0 aliphatic carbocycles. The molecular formula is C19H28O6S. The maximum absolute atomic E-state index is 11.8. The largest absolute Gasteiger partial charge is 0.485 e. The van der Waals surface area contributed by atoms with Gasteiger partial charge in [-0.3, -0.25) is 9.59 Å². The second-order valence-corrected chi connectivity index (χ2v) is 7.30. The lowest BCUT2D eigenvalue weighted by molar-refractivity contribution is -0.147. The van der Waals surface area contributed by atoms with E-state index in [0.29, 0.717) is 13.0 Å². The maximum atomic E-state index is 11.8. The van der Waals surface area contributed by atoms with Crippen LogP contribution >= 0.6 is 11.3 Å². The van der Waals surface area contributed by atoms with Gasteiger partial charge >= 0.3 is 11.9 Å². The van der Waals surface area contributed by atoms with Crippen LogP contribution in [0.1, 0.15) is 64.2 Å². The van der Waals surface area contributed by atoms with Crippen LogP contribution in [0.4, 0.5) is 0 Å². The van der Waals surface area contributed by atoms with Crippen LogP contribution in [0, 0.1) is 0 Å². The van der Waals surface area contributed by atoms with E-state index < -0.39 is 5.97 Å². The molecule has 0 spiro atoms. The quantitative estimate of drug-likeness (QED) is 0.400. The minimum absolute atomic E-state index is 0.182. The first kappa shape index (κ1) is 20.6. The molecule has 26 heavy (non-hydrogen) atoms. The van der Waals surface area contributed by atoms with Gasteiger partial charge in [-0.1, -0.05) is 38.5 Å². The summed E-state index contributed by atoms with van der Waals surface area (Å²) >= 11 is 1.52. The molecule has 0 radical (unpaired) electrons. The molecular weight excluding hydrogens is 356 g/mol. The molecule has 0 aromatic carbocycles. The van der Waals surface area contributed by atoms with Crippen LogP contribution in [0.2, 0.25) is 0 Å². The lowest BCUT2D eigenvalue weighted by atomic mass is 10.1. The highest BCUT2D eigenvalue weighted by molar-refractivity contribution is 7.08. The number of hydrogen-bond donors (Lipinski definition) is 1. The molecule has 1 N–H and O–H groups in total. The van der Waals surface area contributed by atoms with Crippen LogP contribution in [0.15, 0.2) is 10.8 Å². The third-order valence-corrected chi connectivity index (χ3v) is 4.96. The van der Waals surface area contributed by atoms with Gasteiger partial charge in [-0.15, -0.1) is 11.3 Å². The summed E-state index contributed by atoms with van der Waals surface area (Å²) in [5.41, 5.74) is 0. The first-order valence-corrected chi connectivity index (χ1v) is 10.3. The number of aliphatic carboxylic acids is 1. The number of unbranched alkanes of at least 4 members (excludes halogenated alkanes) is 7. The number of carboxylic acids is 1. The molecule has 1 aromatic heterocycles. The number of hydrogen-bond acceptors (Lipinski definition) is 6. The molecule has 0 saturated heterocycles. The van der Waals surface area contributed by atoms with Crippen molar-refractivity contribution in [2.24, 2.45) is 0 Å². The Kier molecular flexibility index (Phi) is 9.31. The summed E-state index contributed by atoms with van der Waals surface area (Å²) in [5, 5.41) is 12.3. The summed E-state index contributed by atoms with van der Waals surface area (Å²) in [6.45, 7) is 0.633. The number of carbonyl (C=O) groups excluding carboxylic acids is 1. The summed E-state index contributed by atoms with van der Waals surface area (Å²) in [5.74, 6) is 0.596. The van der Waals surface area contributed by atoms with Gasteiger partial charge in [-0.25, -0.2) is 0 Å². The molecule has 1 aliphatic rings. The van der Waals surface area contributed by atoms with Gasteiger partial charge in [0.2, 0.25) is 0 Å². The Morgan fingerprint density at radius 1 is 1.00 bits per heavy atom. The Balaban J connectivity index is 1.40. The first-order valence-electron chi connectivity index (χ1n) is 9.38. The predicted octanol–water partition coefficient (Wildman–Crippen LogP) is 4.42. The zero-order chi connectivity index (χ0) is 18.6. The van der Waals surface area contributed by atoms with Crippen LogP contribution in [0.25, 0.3) is 0 Å². The summed E-state index contributed by atoms with van der Waals surface area (Å²) in [4.78, 5) is 22.2. The van der Waals surface area contributed by atoms with Crippen molar-refractivity contribution in [2.75, 3.05) is 13.2 Å². The van der Waals surface area contributed by atoms with E-state index in [2.05, 4.69) is 0 Å². The molecule has 0 fully saturated rings. The number of carboxylic acid groups (broad SMARTS) is 1. The lowest BCUT2D eigenvalue weighted by Gasteiger charge is -2.24. The first-order chi connectivity index (χ1) is 12.6. The number of fused-ring (bicyclic) bond motifs is 1. The fourth-order valence-corrected chi connectivity index (χ4v) is 3.48. The number of rotatable bonds is 13. The number of ether oxygens (including phenoxy) is 3. The smallest absolute Gasteiger partial charge is 0.305 e. The van der Waals surface area contributed by atoms with Gasteiger partial charge in [0, 0.05) is 23.6 Å². The molecule has 2 heterocycles. The van der Waals surface area contributed by atoms with E-state index in [1.807, 2.05) is 10.8 Å². The summed E-state index contributed by atoms with van der Waals surface area (Å²) in [7, 11) is 0. The molecule has 1 aromatic rings. The van der Waals surface area contributed by atoms with E-state index in [1.165, 1.54) is 11.3 Å². The molecule has 7 heteroatoms. The molecule has 0 amide bonds. The minimum atomic E-state index is -0.712. The number of carbonyl (C=O) groups is 2. The Labute approximate surface area is 158 Å². The zero-order valence-electron chi connectivity index (χ0n) is 15.1. The summed E-state index contributed by atoms with van der Waals surface area (Å²) < 4.78 is 16.5. The van der Waals surface area contributed by atoms with E-state index >= 15 is 0 Å². The highest BCUT2D eigenvalue weighted by Crippen LogP contribution is 2.35. The van der Waals surface area contributed by atoms with E-state index in [0.717, 1.165) is 62.9 Å². The lowest BCUT2D eigenvalue weighted by Crippen LogP contribution is -2.33. The van der Waals surface area contributed by atoms with Crippen LogP contribution in [-0.4, -0.2) is 36.4 Å². The summed E-state index contributed by atoms with van der Waals surface area (Å²) in [6, 6.07) is 0. The Morgan fingerprint density at radius 3 is 2.31 bits per heavy atom. The van der Waals surface area contributed by atoms with E-state index in [1.54, 1.807) is 0 Å². The van der Waals surface area contributed by atoms with Gasteiger partial charge in [-0.05, 0) is 12.8 Å². The van der Waals surface area contributed by atoms with Gasteiger partial charge in [0.25, 0.3) is 0 Å². The Hall–Kier alpha value is -1.76. The van der Waals surface area contributed by atoms with E-state index in [4.69, 9.17) is 19.3 Å². The van der Waals surface area contributed by atoms with Crippen molar-refractivity contribution < 1.29 is 28.9 Å². The highest BCUT2D eigenvalue weighted by Gasteiger charge is 2.22. The Morgan fingerprint density at radius 2 is 1.62 bits per heavy atom.